The Morgan fingerprint density at radius 3 is 2.94 bits per heavy atom. The third-order valence-corrected chi connectivity index (χ3v) is 2.44. The molecule has 0 atom stereocenters. The summed E-state index contributed by atoms with van der Waals surface area (Å²) in [7, 11) is 0. The monoisotopic (exact) mass is 242 g/mol. The summed E-state index contributed by atoms with van der Waals surface area (Å²) in [6.45, 7) is 0.543. The molecular weight excluding hydrogens is 228 g/mol. The standard InChI is InChI=1S/C13H14N4O/c14-11-4-7-16-12(8-11)13(18)17-6-3-10-2-1-5-15-9-10/h1-2,4-5,7-9H,3,6H2,(H2,14,16)(H,17,18). The molecule has 0 aliphatic rings. The second-order valence-electron chi connectivity index (χ2n) is 3.84. The van der Waals surface area contributed by atoms with Crippen molar-refractivity contribution in [1.29, 1.82) is 0 Å². The lowest BCUT2D eigenvalue weighted by atomic mass is 10.2. The van der Waals surface area contributed by atoms with E-state index in [0.717, 1.165) is 12.0 Å². The molecule has 92 valence electrons. The van der Waals surface area contributed by atoms with E-state index in [2.05, 4.69) is 15.3 Å². The van der Waals surface area contributed by atoms with Gasteiger partial charge in [0.05, 0.1) is 0 Å². The molecule has 3 N–H and O–H groups in total. The van der Waals surface area contributed by atoms with Gasteiger partial charge in [0, 0.05) is 30.8 Å². The van der Waals surface area contributed by atoms with Crippen LogP contribution in [-0.2, 0) is 6.42 Å². The minimum atomic E-state index is -0.216. The Kier molecular flexibility index (Phi) is 3.86. The van der Waals surface area contributed by atoms with Crippen molar-refractivity contribution in [2.75, 3.05) is 12.3 Å². The van der Waals surface area contributed by atoms with E-state index < -0.39 is 0 Å². The van der Waals surface area contributed by atoms with Gasteiger partial charge in [-0.2, -0.15) is 0 Å². The van der Waals surface area contributed by atoms with Gasteiger partial charge in [-0.15, -0.1) is 0 Å². The van der Waals surface area contributed by atoms with Crippen LogP contribution in [-0.4, -0.2) is 22.4 Å². The molecule has 2 heterocycles. The molecule has 0 spiro atoms. The van der Waals surface area contributed by atoms with Crippen molar-refractivity contribution in [3.8, 4) is 0 Å². The van der Waals surface area contributed by atoms with E-state index in [1.54, 1.807) is 24.5 Å². The quantitative estimate of drug-likeness (QED) is 0.839. The minimum Gasteiger partial charge on any atom is -0.399 e. The number of carbonyl (C=O) groups is 1. The fourth-order valence-electron chi connectivity index (χ4n) is 1.53. The van der Waals surface area contributed by atoms with Crippen molar-refractivity contribution in [2.45, 2.75) is 6.42 Å². The highest BCUT2D eigenvalue weighted by atomic mass is 16.1. The molecule has 2 rings (SSSR count). The first kappa shape index (κ1) is 12.0. The first-order valence-corrected chi connectivity index (χ1v) is 5.64. The number of nitrogens with zero attached hydrogens (tertiary/aromatic N) is 2. The number of rotatable bonds is 4. The van der Waals surface area contributed by atoms with Crippen LogP contribution in [0.15, 0.2) is 42.9 Å². The average molecular weight is 242 g/mol. The molecule has 0 saturated carbocycles. The van der Waals surface area contributed by atoms with Crippen molar-refractivity contribution in [3.63, 3.8) is 0 Å². The fourth-order valence-corrected chi connectivity index (χ4v) is 1.53. The molecule has 2 aromatic heterocycles. The smallest absolute Gasteiger partial charge is 0.269 e. The van der Waals surface area contributed by atoms with E-state index in [1.807, 2.05) is 12.1 Å². The van der Waals surface area contributed by atoms with Crippen LogP contribution in [0.3, 0.4) is 0 Å². The molecular formula is C13H14N4O. The molecule has 5 nitrogen and oxygen atoms in total. The van der Waals surface area contributed by atoms with Crippen molar-refractivity contribution >= 4 is 11.6 Å². The molecule has 0 unspecified atom stereocenters. The minimum absolute atomic E-state index is 0.216. The van der Waals surface area contributed by atoms with Gasteiger partial charge in [-0.3, -0.25) is 14.8 Å². The Bertz CT molecular complexity index is 528. The molecule has 0 saturated heterocycles. The zero-order valence-corrected chi connectivity index (χ0v) is 9.84. The van der Waals surface area contributed by atoms with Gasteiger partial charge < -0.3 is 11.1 Å². The number of amides is 1. The molecule has 0 radical (unpaired) electrons. The number of nitrogen functional groups attached to an aromatic ring is 1. The van der Waals surface area contributed by atoms with Gasteiger partial charge >= 0.3 is 0 Å². The maximum absolute atomic E-state index is 11.7. The van der Waals surface area contributed by atoms with Gasteiger partial charge in [-0.1, -0.05) is 6.07 Å². The summed E-state index contributed by atoms with van der Waals surface area (Å²) >= 11 is 0. The summed E-state index contributed by atoms with van der Waals surface area (Å²) in [4.78, 5) is 19.7. The number of hydrogen-bond acceptors (Lipinski definition) is 4. The van der Waals surface area contributed by atoms with Gasteiger partial charge in [-0.25, -0.2) is 0 Å². The van der Waals surface area contributed by atoms with E-state index in [0.29, 0.717) is 17.9 Å². The number of hydrogen-bond donors (Lipinski definition) is 2. The Hall–Kier alpha value is -2.43. The van der Waals surface area contributed by atoms with Crippen LogP contribution in [0.2, 0.25) is 0 Å². The predicted octanol–water partition coefficient (Wildman–Crippen LogP) is 1.03. The maximum Gasteiger partial charge on any atom is 0.269 e. The number of carbonyl (C=O) groups excluding carboxylic acids is 1. The van der Waals surface area contributed by atoms with Crippen molar-refractivity contribution < 1.29 is 4.79 Å². The largest absolute Gasteiger partial charge is 0.399 e. The molecule has 1 amide bonds. The number of nitrogens with two attached hydrogens (primary N) is 1. The zero-order chi connectivity index (χ0) is 12.8. The number of nitrogens with one attached hydrogen (secondary N) is 1. The number of aromatic nitrogens is 2. The summed E-state index contributed by atoms with van der Waals surface area (Å²) in [5, 5.41) is 2.79. The third kappa shape index (κ3) is 3.28. The Labute approximate surface area is 105 Å². The predicted molar refractivity (Wildman–Crippen MR) is 68.9 cm³/mol. The lowest BCUT2D eigenvalue weighted by Gasteiger charge is -2.05. The summed E-state index contributed by atoms with van der Waals surface area (Å²) in [6.07, 6.45) is 5.76. The topological polar surface area (TPSA) is 80.9 Å². The Morgan fingerprint density at radius 2 is 2.22 bits per heavy atom. The fraction of sp³-hybridized carbons (Fsp3) is 0.154. The van der Waals surface area contributed by atoms with E-state index in [9.17, 15) is 4.79 Å². The highest BCUT2D eigenvalue weighted by Crippen LogP contribution is 2.02. The lowest BCUT2D eigenvalue weighted by molar-refractivity contribution is 0.0949. The molecule has 5 heteroatoms. The Morgan fingerprint density at radius 1 is 1.33 bits per heavy atom. The molecule has 0 aliphatic carbocycles. The van der Waals surface area contributed by atoms with Crippen LogP contribution in [0, 0.1) is 0 Å². The Balaban J connectivity index is 1.86. The second-order valence-corrected chi connectivity index (χ2v) is 3.84. The highest BCUT2D eigenvalue weighted by molar-refractivity contribution is 5.92. The SMILES string of the molecule is Nc1ccnc(C(=O)NCCc2cccnc2)c1. The summed E-state index contributed by atoms with van der Waals surface area (Å²) in [5.41, 5.74) is 7.53. The molecule has 18 heavy (non-hydrogen) atoms. The van der Waals surface area contributed by atoms with E-state index in [4.69, 9.17) is 5.73 Å². The van der Waals surface area contributed by atoms with Crippen LogP contribution < -0.4 is 11.1 Å². The number of pyridine rings is 2. The highest BCUT2D eigenvalue weighted by Gasteiger charge is 2.06. The van der Waals surface area contributed by atoms with Crippen LogP contribution in [0.5, 0.6) is 0 Å². The first-order valence-electron chi connectivity index (χ1n) is 5.64. The van der Waals surface area contributed by atoms with Gasteiger partial charge in [0.2, 0.25) is 0 Å². The van der Waals surface area contributed by atoms with Crippen LogP contribution in [0.4, 0.5) is 5.69 Å². The molecule has 0 fully saturated rings. The van der Waals surface area contributed by atoms with Crippen molar-refractivity contribution in [2.24, 2.45) is 0 Å². The summed E-state index contributed by atoms with van der Waals surface area (Å²) in [5.74, 6) is -0.216. The van der Waals surface area contributed by atoms with Crippen LogP contribution >= 0.6 is 0 Å². The van der Waals surface area contributed by atoms with E-state index >= 15 is 0 Å². The molecule has 2 aromatic rings. The first-order chi connectivity index (χ1) is 8.75. The normalized spacial score (nSPS) is 10.0. The van der Waals surface area contributed by atoms with Gasteiger partial charge in [0.25, 0.3) is 5.91 Å². The van der Waals surface area contributed by atoms with Gasteiger partial charge in [0.15, 0.2) is 0 Å². The average Bonchev–Trinajstić information content (AvgIpc) is 2.40. The summed E-state index contributed by atoms with van der Waals surface area (Å²) < 4.78 is 0. The molecule has 0 aromatic carbocycles. The van der Waals surface area contributed by atoms with Crippen molar-refractivity contribution in [3.05, 3.63) is 54.1 Å². The lowest BCUT2D eigenvalue weighted by Crippen LogP contribution is -2.26. The molecule has 0 aliphatic heterocycles. The van der Waals surface area contributed by atoms with Gasteiger partial charge in [0.1, 0.15) is 5.69 Å². The van der Waals surface area contributed by atoms with E-state index in [1.165, 1.54) is 6.20 Å². The number of anilines is 1. The maximum atomic E-state index is 11.7. The summed E-state index contributed by atoms with van der Waals surface area (Å²) in [6, 6.07) is 7.04. The zero-order valence-electron chi connectivity index (χ0n) is 9.84. The van der Waals surface area contributed by atoms with Crippen LogP contribution in [0.25, 0.3) is 0 Å². The van der Waals surface area contributed by atoms with Gasteiger partial charge in [-0.05, 0) is 30.2 Å². The van der Waals surface area contributed by atoms with Crippen LogP contribution in [0.1, 0.15) is 16.1 Å². The molecule has 0 bridgehead atoms. The second kappa shape index (κ2) is 5.77. The van der Waals surface area contributed by atoms with E-state index in [-0.39, 0.29) is 5.91 Å². The third-order valence-electron chi connectivity index (χ3n) is 2.44. The van der Waals surface area contributed by atoms with Crippen molar-refractivity contribution in [1.82, 2.24) is 15.3 Å².